The Labute approximate surface area is 206 Å². The van der Waals surface area contributed by atoms with Crippen LogP contribution in [0.3, 0.4) is 0 Å². The Kier molecular flexibility index (Phi) is 7.02. The van der Waals surface area contributed by atoms with E-state index in [9.17, 15) is 0 Å². The van der Waals surface area contributed by atoms with E-state index in [2.05, 4.69) is 78.7 Å². The molecule has 3 heteroatoms. The Balaban J connectivity index is 1.69. The fourth-order valence-electron chi connectivity index (χ4n) is 3.88. The quantitative estimate of drug-likeness (QED) is 0.267. The molecule has 35 heavy (non-hydrogen) atoms. The predicted octanol–water partition coefficient (Wildman–Crippen LogP) is 8.16. The highest BCUT2D eigenvalue weighted by molar-refractivity contribution is 5.76. The monoisotopic (exact) mass is 449 g/mol. The van der Waals surface area contributed by atoms with E-state index >= 15 is 0 Å². The van der Waals surface area contributed by atoms with Crippen LogP contribution in [0.15, 0.2) is 134 Å². The van der Waals surface area contributed by atoms with Gasteiger partial charge >= 0.3 is 0 Å². The number of benzene rings is 4. The first-order chi connectivity index (χ1) is 17.2. The number of nitrogens with zero attached hydrogens (tertiary/aromatic N) is 3. The maximum absolute atomic E-state index is 9.04. The van der Waals surface area contributed by atoms with Gasteiger partial charge < -0.3 is 4.90 Å². The van der Waals surface area contributed by atoms with Crippen molar-refractivity contribution in [2.24, 2.45) is 0 Å². The summed E-state index contributed by atoms with van der Waals surface area (Å²) in [5.41, 5.74) is 8.42. The molecule has 3 nitrogen and oxygen atoms in total. The molecule has 4 aromatic carbocycles. The molecule has 0 aliphatic rings. The Bertz CT molecular complexity index is 1340. The van der Waals surface area contributed by atoms with E-state index in [1.165, 1.54) is 0 Å². The summed E-state index contributed by atoms with van der Waals surface area (Å²) in [6.07, 6.45) is 5.49. The van der Waals surface area contributed by atoms with Gasteiger partial charge in [0.15, 0.2) is 0 Å². The first-order valence-electron chi connectivity index (χ1n) is 11.1. The van der Waals surface area contributed by atoms with Crippen molar-refractivity contribution in [3.63, 3.8) is 0 Å². The lowest BCUT2D eigenvalue weighted by Gasteiger charge is -2.26. The second-order valence-corrected chi connectivity index (χ2v) is 7.84. The van der Waals surface area contributed by atoms with Gasteiger partial charge in [0, 0.05) is 17.1 Å². The van der Waals surface area contributed by atoms with Gasteiger partial charge in [0.2, 0.25) is 0 Å². The van der Waals surface area contributed by atoms with Gasteiger partial charge in [-0.3, -0.25) is 0 Å². The maximum atomic E-state index is 9.04. The van der Waals surface area contributed by atoms with Crippen LogP contribution < -0.4 is 4.90 Å². The van der Waals surface area contributed by atoms with Crippen molar-refractivity contribution in [3.05, 3.63) is 145 Å². The van der Waals surface area contributed by atoms with E-state index in [4.69, 9.17) is 10.5 Å². The Morgan fingerprint density at radius 3 is 1.20 bits per heavy atom. The molecule has 0 saturated carbocycles. The van der Waals surface area contributed by atoms with E-state index in [0.717, 1.165) is 39.3 Å². The van der Waals surface area contributed by atoms with Gasteiger partial charge in [-0.1, -0.05) is 67.8 Å². The van der Waals surface area contributed by atoms with E-state index in [-0.39, 0.29) is 0 Å². The summed E-state index contributed by atoms with van der Waals surface area (Å²) in [5, 5.41) is 18.1. The molecular formula is C32H23N3. The van der Waals surface area contributed by atoms with Crippen LogP contribution in [0.5, 0.6) is 0 Å². The van der Waals surface area contributed by atoms with Gasteiger partial charge in [0.1, 0.15) is 0 Å². The predicted molar refractivity (Wildman–Crippen MR) is 144 cm³/mol. The molecule has 0 aromatic heterocycles. The highest BCUT2D eigenvalue weighted by Gasteiger charge is 2.13. The third-order valence-electron chi connectivity index (χ3n) is 5.70. The first-order valence-corrected chi connectivity index (χ1v) is 11.1. The van der Waals surface area contributed by atoms with Crippen LogP contribution in [0.25, 0.3) is 22.3 Å². The minimum absolute atomic E-state index is 0.645. The molecule has 0 unspecified atom stereocenters. The third kappa shape index (κ3) is 5.11. The number of nitriles is 2. The average molecular weight is 450 g/mol. The van der Waals surface area contributed by atoms with Gasteiger partial charge in [-0.25, -0.2) is 0 Å². The van der Waals surface area contributed by atoms with Crippen molar-refractivity contribution in [3.8, 4) is 34.4 Å². The zero-order chi connectivity index (χ0) is 24.6. The van der Waals surface area contributed by atoms with Crippen LogP contribution in [-0.2, 0) is 0 Å². The van der Waals surface area contributed by atoms with E-state index in [0.29, 0.717) is 11.1 Å². The Morgan fingerprint density at radius 2 is 0.914 bits per heavy atom. The highest BCUT2D eigenvalue weighted by Crippen LogP contribution is 2.34. The molecule has 0 bridgehead atoms. The summed E-state index contributed by atoms with van der Waals surface area (Å²) in [6.45, 7) is 7.86. The van der Waals surface area contributed by atoms with Gasteiger partial charge in [0.05, 0.1) is 23.3 Å². The van der Waals surface area contributed by atoms with Crippen molar-refractivity contribution in [1.29, 1.82) is 10.5 Å². The molecule has 0 spiro atoms. The highest BCUT2D eigenvalue weighted by atomic mass is 15.1. The van der Waals surface area contributed by atoms with E-state index in [1.54, 1.807) is 6.08 Å². The summed E-state index contributed by atoms with van der Waals surface area (Å²) in [4.78, 5) is 2.12. The van der Waals surface area contributed by atoms with E-state index in [1.807, 2.05) is 60.7 Å². The van der Waals surface area contributed by atoms with Crippen LogP contribution in [0.4, 0.5) is 11.4 Å². The van der Waals surface area contributed by atoms with Crippen molar-refractivity contribution in [2.45, 2.75) is 0 Å². The fraction of sp³-hybridized carbons (Fsp3) is 0. The second-order valence-electron chi connectivity index (χ2n) is 7.84. The van der Waals surface area contributed by atoms with Crippen LogP contribution >= 0.6 is 0 Å². The number of hydrogen-bond donors (Lipinski definition) is 0. The molecule has 0 saturated heterocycles. The average Bonchev–Trinajstić information content (AvgIpc) is 2.93. The molecule has 0 fully saturated rings. The Hall–Kier alpha value is -5.12. The van der Waals surface area contributed by atoms with Crippen LogP contribution in [-0.4, -0.2) is 0 Å². The second kappa shape index (κ2) is 10.7. The molecule has 0 N–H and O–H groups in total. The summed E-state index contributed by atoms with van der Waals surface area (Å²) >= 11 is 0. The van der Waals surface area contributed by atoms with Crippen LogP contribution in [0, 0.1) is 22.7 Å². The number of rotatable bonds is 7. The molecule has 0 heterocycles. The summed E-state index contributed by atoms with van der Waals surface area (Å²) in [6, 6.07) is 36.0. The summed E-state index contributed by atoms with van der Waals surface area (Å²) in [7, 11) is 0. The first kappa shape index (κ1) is 23.1. The molecule has 0 amide bonds. The zero-order valence-corrected chi connectivity index (χ0v) is 19.2. The largest absolute Gasteiger partial charge is 0.311 e. The standard InChI is InChI=1S/C32H23N3/c1-3-5-30(4-2)35(31-18-14-28(15-19-31)26-10-6-24(22-33)7-11-26)32-20-16-29(17-21-32)27-12-8-25(23-34)9-13-27/h3-21H,1-2H2/b30-5+. The molecule has 4 rings (SSSR count). The normalized spacial score (nSPS) is 10.6. The minimum atomic E-state index is 0.645. The lowest BCUT2D eigenvalue weighted by molar-refractivity contribution is 1.21. The molecule has 0 aliphatic carbocycles. The number of anilines is 2. The topological polar surface area (TPSA) is 50.8 Å². The lowest BCUT2D eigenvalue weighted by Crippen LogP contribution is -2.14. The molecule has 0 aliphatic heterocycles. The van der Waals surface area contributed by atoms with Crippen LogP contribution in [0.1, 0.15) is 11.1 Å². The minimum Gasteiger partial charge on any atom is -0.311 e. The van der Waals surface area contributed by atoms with Crippen molar-refractivity contribution < 1.29 is 0 Å². The lowest BCUT2D eigenvalue weighted by atomic mass is 10.0. The fourth-order valence-corrected chi connectivity index (χ4v) is 3.88. The van der Waals surface area contributed by atoms with E-state index < -0.39 is 0 Å². The van der Waals surface area contributed by atoms with Gasteiger partial charge in [0.25, 0.3) is 0 Å². The SMILES string of the molecule is C=C/C=C(\C=C)N(c1ccc(-c2ccc(C#N)cc2)cc1)c1ccc(-c2ccc(C#N)cc2)cc1. The molecule has 0 radical (unpaired) electrons. The summed E-state index contributed by atoms with van der Waals surface area (Å²) in [5.74, 6) is 0. The number of allylic oxidation sites excluding steroid dienone is 3. The molecule has 4 aromatic rings. The zero-order valence-electron chi connectivity index (χ0n) is 19.2. The molecule has 0 atom stereocenters. The smallest absolute Gasteiger partial charge is 0.0991 e. The number of hydrogen-bond acceptors (Lipinski definition) is 3. The third-order valence-corrected chi connectivity index (χ3v) is 5.70. The van der Waals surface area contributed by atoms with Crippen molar-refractivity contribution in [1.82, 2.24) is 0 Å². The molecular weight excluding hydrogens is 426 g/mol. The maximum Gasteiger partial charge on any atom is 0.0991 e. The van der Waals surface area contributed by atoms with Gasteiger partial charge in [-0.05, 0) is 82.9 Å². The Morgan fingerprint density at radius 1 is 0.571 bits per heavy atom. The van der Waals surface area contributed by atoms with Crippen molar-refractivity contribution >= 4 is 11.4 Å². The van der Waals surface area contributed by atoms with Crippen LogP contribution in [0.2, 0.25) is 0 Å². The van der Waals surface area contributed by atoms with Crippen molar-refractivity contribution in [2.75, 3.05) is 4.90 Å². The van der Waals surface area contributed by atoms with Gasteiger partial charge in [-0.15, -0.1) is 0 Å². The summed E-state index contributed by atoms with van der Waals surface area (Å²) < 4.78 is 0. The molecule has 166 valence electrons. The van der Waals surface area contributed by atoms with Gasteiger partial charge in [-0.2, -0.15) is 10.5 Å².